The summed E-state index contributed by atoms with van der Waals surface area (Å²) in [6.45, 7) is 0. The Balaban J connectivity index is 2.16. The molecule has 0 atom stereocenters. The Kier molecular flexibility index (Phi) is 4.20. The fourth-order valence-electron chi connectivity index (χ4n) is 2.27. The molecule has 0 spiro atoms. The minimum atomic E-state index is -0.953. The molecule has 3 nitrogen and oxygen atoms in total. The maximum absolute atomic E-state index is 13.6. The predicted molar refractivity (Wildman–Crippen MR) is 72.7 cm³/mol. The van der Waals surface area contributed by atoms with Crippen LogP contribution in [0.1, 0.15) is 32.1 Å². The zero-order valence-electron chi connectivity index (χ0n) is 10.3. The second-order valence-corrected chi connectivity index (χ2v) is 5.77. The zero-order chi connectivity index (χ0) is 14.0. The largest absolute Gasteiger partial charge is 0.322 e. The predicted octanol–water partition coefficient (Wildman–Crippen LogP) is 3.33. The van der Waals surface area contributed by atoms with Gasteiger partial charge in [0.05, 0.1) is 15.7 Å². The van der Waals surface area contributed by atoms with Gasteiger partial charge in [-0.15, -0.1) is 0 Å². The van der Waals surface area contributed by atoms with Crippen LogP contribution in [0.4, 0.5) is 14.5 Å². The Bertz CT molecular complexity index is 502. The molecular formula is C13H15BrF2N2O. The van der Waals surface area contributed by atoms with Crippen LogP contribution in [-0.2, 0) is 4.79 Å². The van der Waals surface area contributed by atoms with Crippen LogP contribution in [0.5, 0.6) is 0 Å². The van der Waals surface area contributed by atoms with E-state index in [2.05, 4.69) is 21.2 Å². The minimum absolute atomic E-state index is 0.0614. The highest BCUT2D eigenvalue weighted by molar-refractivity contribution is 9.10. The third-order valence-electron chi connectivity index (χ3n) is 3.46. The topological polar surface area (TPSA) is 55.1 Å². The van der Waals surface area contributed by atoms with Gasteiger partial charge in [0, 0.05) is 6.07 Å². The number of carbonyl (C=O) groups is 1. The number of halogens is 3. The summed E-state index contributed by atoms with van der Waals surface area (Å²) in [5.74, 6) is -1.94. The Morgan fingerprint density at radius 3 is 2.47 bits per heavy atom. The van der Waals surface area contributed by atoms with E-state index in [0.29, 0.717) is 12.8 Å². The van der Waals surface area contributed by atoms with Crippen molar-refractivity contribution in [2.45, 2.75) is 37.6 Å². The lowest BCUT2D eigenvalue weighted by Gasteiger charge is -2.31. The van der Waals surface area contributed by atoms with E-state index in [-0.39, 0.29) is 10.2 Å². The van der Waals surface area contributed by atoms with Gasteiger partial charge >= 0.3 is 0 Å². The van der Waals surface area contributed by atoms with Crippen molar-refractivity contribution in [2.75, 3.05) is 5.32 Å². The molecule has 3 N–H and O–H groups in total. The fourth-order valence-corrected chi connectivity index (χ4v) is 2.62. The van der Waals surface area contributed by atoms with E-state index < -0.39 is 23.1 Å². The van der Waals surface area contributed by atoms with Crippen LogP contribution in [0.25, 0.3) is 0 Å². The summed E-state index contributed by atoms with van der Waals surface area (Å²) in [6.07, 6.45) is 4.01. The van der Waals surface area contributed by atoms with E-state index in [0.717, 1.165) is 25.3 Å². The van der Waals surface area contributed by atoms with Crippen LogP contribution in [0.15, 0.2) is 16.6 Å². The quantitative estimate of drug-likeness (QED) is 0.816. The van der Waals surface area contributed by atoms with Crippen molar-refractivity contribution in [2.24, 2.45) is 5.73 Å². The van der Waals surface area contributed by atoms with Crippen LogP contribution in [-0.4, -0.2) is 11.4 Å². The van der Waals surface area contributed by atoms with Gasteiger partial charge in [-0.1, -0.05) is 19.3 Å². The smallest absolute Gasteiger partial charge is 0.244 e. The van der Waals surface area contributed by atoms with Gasteiger partial charge in [-0.25, -0.2) is 8.78 Å². The van der Waals surface area contributed by atoms with Gasteiger partial charge in [-0.3, -0.25) is 4.79 Å². The molecule has 19 heavy (non-hydrogen) atoms. The van der Waals surface area contributed by atoms with Crippen molar-refractivity contribution in [1.29, 1.82) is 0 Å². The molecule has 0 aliphatic heterocycles. The molecular weight excluding hydrogens is 318 g/mol. The van der Waals surface area contributed by atoms with E-state index in [1.165, 1.54) is 6.07 Å². The first-order valence-corrected chi connectivity index (χ1v) is 6.96. The van der Waals surface area contributed by atoms with Gasteiger partial charge in [0.25, 0.3) is 0 Å². The molecule has 0 unspecified atom stereocenters. The van der Waals surface area contributed by atoms with Crippen LogP contribution in [0.3, 0.4) is 0 Å². The molecule has 1 aliphatic rings. The third-order valence-corrected chi connectivity index (χ3v) is 4.06. The molecule has 1 aromatic carbocycles. The number of benzene rings is 1. The standard InChI is InChI=1S/C13H15BrF2N2O/c14-8-6-11(10(16)7-9(8)15)18-12(19)13(17)4-2-1-3-5-13/h6-7H,1-5,17H2,(H,18,19). The first kappa shape index (κ1) is 14.4. The van der Waals surface area contributed by atoms with Gasteiger partial charge < -0.3 is 11.1 Å². The van der Waals surface area contributed by atoms with Gasteiger partial charge in [0.15, 0.2) is 0 Å². The fraction of sp³-hybridized carbons (Fsp3) is 0.462. The first-order chi connectivity index (χ1) is 8.92. The molecule has 1 fully saturated rings. The Morgan fingerprint density at radius 2 is 1.84 bits per heavy atom. The molecule has 2 rings (SSSR count). The summed E-state index contributed by atoms with van der Waals surface area (Å²) < 4.78 is 26.8. The summed E-state index contributed by atoms with van der Waals surface area (Å²) in [5, 5.41) is 2.45. The number of carbonyl (C=O) groups excluding carboxylic acids is 1. The van der Waals surface area contributed by atoms with Gasteiger partial charge in [-0.2, -0.15) is 0 Å². The number of amides is 1. The lowest BCUT2D eigenvalue weighted by molar-refractivity contribution is -0.122. The normalized spacial score (nSPS) is 18.1. The number of rotatable bonds is 2. The molecule has 104 valence electrons. The van der Waals surface area contributed by atoms with Gasteiger partial charge in [0.2, 0.25) is 5.91 Å². The Hall–Kier alpha value is -1.01. The number of nitrogens with two attached hydrogens (primary N) is 1. The highest BCUT2D eigenvalue weighted by atomic mass is 79.9. The molecule has 0 bridgehead atoms. The average Bonchev–Trinajstić information content (AvgIpc) is 2.36. The summed E-state index contributed by atoms with van der Waals surface area (Å²) in [4.78, 5) is 12.1. The monoisotopic (exact) mass is 332 g/mol. The third kappa shape index (κ3) is 3.12. The molecule has 6 heteroatoms. The summed E-state index contributed by atoms with van der Waals surface area (Å²) in [6, 6.07) is 1.93. The van der Waals surface area contributed by atoms with Crippen LogP contribution >= 0.6 is 15.9 Å². The number of hydrogen-bond acceptors (Lipinski definition) is 2. The molecule has 1 aromatic rings. The van der Waals surface area contributed by atoms with Crippen LogP contribution < -0.4 is 11.1 Å². The van der Waals surface area contributed by atoms with Crippen molar-refractivity contribution in [3.63, 3.8) is 0 Å². The van der Waals surface area contributed by atoms with E-state index >= 15 is 0 Å². The molecule has 1 saturated carbocycles. The Morgan fingerprint density at radius 1 is 1.21 bits per heavy atom. The van der Waals surface area contributed by atoms with E-state index in [9.17, 15) is 13.6 Å². The van der Waals surface area contributed by atoms with E-state index in [1.54, 1.807) is 0 Å². The van der Waals surface area contributed by atoms with Crippen LogP contribution in [0, 0.1) is 11.6 Å². The summed E-state index contributed by atoms with van der Waals surface area (Å²) in [5.41, 5.74) is 5.03. The van der Waals surface area contributed by atoms with Gasteiger partial charge in [0.1, 0.15) is 11.6 Å². The summed E-state index contributed by atoms with van der Waals surface area (Å²) in [7, 11) is 0. The van der Waals surface area contributed by atoms with Crippen molar-refractivity contribution in [1.82, 2.24) is 0 Å². The molecule has 0 saturated heterocycles. The van der Waals surface area contributed by atoms with Crippen molar-refractivity contribution in [3.05, 3.63) is 28.2 Å². The second-order valence-electron chi connectivity index (χ2n) is 4.92. The molecule has 0 aromatic heterocycles. The second kappa shape index (κ2) is 5.54. The lowest BCUT2D eigenvalue weighted by Crippen LogP contribution is -2.52. The highest BCUT2D eigenvalue weighted by Crippen LogP contribution is 2.29. The molecule has 0 radical (unpaired) electrons. The maximum Gasteiger partial charge on any atom is 0.244 e. The van der Waals surface area contributed by atoms with E-state index in [4.69, 9.17) is 5.73 Å². The van der Waals surface area contributed by atoms with Crippen molar-refractivity contribution < 1.29 is 13.6 Å². The lowest BCUT2D eigenvalue weighted by atomic mass is 9.82. The SMILES string of the molecule is NC1(C(=O)Nc2cc(Br)c(F)cc2F)CCCCC1. The minimum Gasteiger partial charge on any atom is -0.322 e. The number of hydrogen-bond donors (Lipinski definition) is 2. The van der Waals surface area contributed by atoms with Gasteiger partial charge in [-0.05, 0) is 34.8 Å². The Labute approximate surface area is 118 Å². The van der Waals surface area contributed by atoms with Crippen molar-refractivity contribution in [3.8, 4) is 0 Å². The van der Waals surface area contributed by atoms with Crippen molar-refractivity contribution >= 4 is 27.5 Å². The highest BCUT2D eigenvalue weighted by Gasteiger charge is 2.35. The maximum atomic E-state index is 13.6. The first-order valence-electron chi connectivity index (χ1n) is 6.17. The number of nitrogens with one attached hydrogen (secondary N) is 1. The van der Waals surface area contributed by atoms with Crippen LogP contribution in [0.2, 0.25) is 0 Å². The average molecular weight is 333 g/mol. The molecule has 0 heterocycles. The summed E-state index contributed by atoms with van der Waals surface area (Å²) >= 11 is 2.96. The number of anilines is 1. The zero-order valence-corrected chi connectivity index (χ0v) is 11.9. The van der Waals surface area contributed by atoms with E-state index in [1.807, 2.05) is 0 Å². The molecule has 1 amide bonds. The molecule has 1 aliphatic carbocycles.